The number of amides is 1. The zero-order valence-corrected chi connectivity index (χ0v) is 10.7. The van der Waals surface area contributed by atoms with Crippen LogP contribution in [0.15, 0.2) is 18.2 Å². The summed E-state index contributed by atoms with van der Waals surface area (Å²) in [6.07, 6.45) is 2.46. The lowest BCUT2D eigenvalue weighted by Crippen LogP contribution is -2.45. The lowest BCUT2D eigenvalue weighted by Gasteiger charge is -2.32. The monoisotopic (exact) mass is 266 g/mol. The van der Waals surface area contributed by atoms with E-state index in [9.17, 15) is 4.79 Å². The first-order valence-electron chi connectivity index (χ1n) is 6.13. The van der Waals surface area contributed by atoms with Crippen LogP contribution in [0.25, 0.3) is 0 Å². The third kappa shape index (κ3) is 2.06. The third-order valence-corrected chi connectivity index (χ3v) is 3.88. The molecular formula is C13H15ClN2O2. The Labute approximate surface area is 111 Å². The molecule has 4 nitrogen and oxygen atoms in total. The van der Waals surface area contributed by atoms with E-state index in [1.54, 1.807) is 18.2 Å². The summed E-state index contributed by atoms with van der Waals surface area (Å²) in [6, 6.07) is 5.00. The summed E-state index contributed by atoms with van der Waals surface area (Å²) in [6.45, 7) is 1.31. The number of benzene rings is 1. The van der Waals surface area contributed by atoms with Crippen molar-refractivity contribution in [1.82, 2.24) is 4.90 Å². The molecule has 2 bridgehead atoms. The molecular weight excluding hydrogens is 252 g/mol. The summed E-state index contributed by atoms with van der Waals surface area (Å²) in [5.74, 6) is -0.0486. The van der Waals surface area contributed by atoms with Crippen molar-refractivity contribution in [3.8, 4) is 0 Å². The predicted octanol–water partition coefficient (Wildman–Crippen LogP) is 1.93. The average molecular weight is 267 g/mol. The number of carbonyl (C=O) groups excluding carboxylic acids is 1. The van der Waals surface area contributed by atoms with E-state index < -0.39 is 0 Å². The molecule has 3 rings (SSSR count). The molecule has 1 aromatic carbocycles. The number of hydrogen-bond donors (Lipinski definition) is 1. The average Bonchev–Trinajstić information content (AvgIpc) is 2.70. The minimum Gasteiger partial charge on any atom is -0.399 e. The molecule has 0 aromatic heterocycles. The van der Waals surface area contributed by atoms with Gasteiger partial charge in [-0.25, -0.2) is 0 Å². The van der Waals surface area contributed by atoms with Crippen LogP contribution in [0.3, 0.4) is 0 Å². The second-order valence-corrected chi connectivity index (χ2v) is 5.31. The first-order chi connectivity index (χ1) is 8.63. The van der Waals surface area contributed by atoms with Gasteiger partial charge < -0.3 is 15.4 Å². The summed E-state index contributed by atoms with van der Waals surface area (Å²) in [5.41, 5.74) is 6.75. The number of ether oxygens (including phenoxy) is 1. The van der Waals surface area contributed by atoms with Gasteiger partial charge in [-0.05, 0) is 31.0 Å². The normalized spacial score (nSPS) is 26.4. The molecule has 2 N–H and O–H groups in total. The van der Waals surface area contributed by atoms with Crippen LogP contribution in [0.1, 0.15) is 23.2 Å². The summed E-state index contributed by atoms with van der Waals surface area (Å²) in [4.78, 5) is 14.2. The summed E-state index contributed by atoms with van der Waals surface area (Å²) >= 11 is 6.06. The first-order valence-corrected chi connectivity index (χ1v) is 6.51. The molecule has 0 saturated carbocycles. The number of nitrogens with two attached hydrogens (primary N) is 1. The summed E-state index contributed by atoms with van der Waals surface area (Å²) in [7, 11) is 0. The molecule has 5 heteroatoms. The first kappa shape index (κ1) is 11.8. The number of carbonyl (C=O) groups is 1. The van der Waals surface area contributed by atoms with Gasteiger partial charge in [-0.1, -0.05) is 11.6 Å². The van der Waals surface area contributed by atoms with Gasteiger partial charge in [-0.3, -0.25) is 4.79 Å². The highest BCUT2D eigenvalue weighted by Gasteiger charge is 2.36. The van der Waals surface area contributed by atoms with Gasteiger partial charge in [-0.15, -0.1) is 0 Å². The molecule has 96 valence electrons. The minimum atomic E-state index is -0.0486. The maximum atomic E-state index is 12.4. The summed E-state index contributed by atoms with van der Waals surface area (Å²) < 4.78 is 5.72. The Morgan fingerprint density at radius 3 is 2.67 bits per heavy atom. The number of rotatable bonds is 1. The topological polar surface area (TPSA) is 55.6 Å². The van der Waals surface area contributed by atoms with Crippen molar-refractivity contribution in [2.75, 3.05) is 18.8 Å². The van der Waals surface area contributed by atoms with Crippen LogP contribution in [-0.2, 0) is 4.74 Å². The van der Waals surface area contributed by atoms with Gasteiger partial charge in [0, 0.05) is 18.8 Å². The Morgan fingerprint density at radius 1 is 1.33 bits per heavy atom. The van der Waals surface area contributed by atoms with Gasteiger partial charge in [0.05, 0.1) is 22.8 Å². The molecule has 1 aromatic rings. The zero-order chi connectivity index (χ0) is 12.7. The van der Waals surface area contributed by atoms with Crippen LogP contribution in [0.4, 0.5) is 5.69 Å². The Bertz CT molecular complexity index is 480. The van der Waals surface area contributed by atoms with Crippen LogP contribution < -0.4 is 5.73 Å². The van der Waals surface area contributed by atoms with Gasteiger partial charge in [0.2, 0.25) is 0 Å². The van der Waals surface area contributed by atoms with Crippen molar-refractivity contribution in [3.63, 3.8) is 0 Å². The van der Waals surface area contributed by atoms with E-state index in [0.717, 1.165) is 12.8 Å². The highest BCUT2D eigenvalue weighted by molar-refractivity contribution is 6.34. The van der Waals surface area contributed by atoms with E-state index in [2.05, 4.69) is 0 Å². The van der Waals surface area contributed by atoms with Crippen molar-refractivity contribution >= 4 is 23.2 Å². The Balaban J connectivity index is 1.84. The highest BCUT2D eigenvalue weighted by Crippen LogP contribution is 2.28. The van der Waals surface area contributed by atoms with E-state index in [0.29, 0.717) is 29.4 Å². The maximum absolute atomic E-state index is 12.4. The van der Waals surface area contributed by atoms with Gasteiger partial charge in [0.25, 0.3) is 5.91 Å². The van der Waals surface area contributed by atoms with Gasteiger partial charge >= 0.3 is 0 Å². The molecule has 2 fully saturated rings. The molecule has 2 aliphatic rings. The largest absolute Gasteiger partial charge is 0.399 e. The van der Waals surface area contributed by atoms with Crippen LogP contribution in [0, 0.1) is 0 Å². The lowest BCUT2D eigenvalue weighted by atomic mass is 10.1. The van der Waals surface area contributed by atoms with Crippen LogP contribution in [0.2, 0.25) is 5.02 Å². The Kier molecular flexibility index (Phi) is 2.92. The van der Waals surface area contributed by atoms with Crippen molar-refractivity contribution in [3.05, 3.63) is 28.8 Å². The van der Waals surface area contributed by atoms with E-state index >= 15 is 0 Å². The molecule has 2 unspecified atom stereocenters. The molecule has 2 atom stereocenters. The standard InChI is InChI=1S/C13H15ClN2O2/c14-12-4-1-8(15)5-11(12)13(17)16-6-9-2-3-10(7-16)18-9/h1,4-5,9-10H,2-3,6-7,15H2. The van der Waals surface area contributed by atoms with Gasteiger partial charge in [0.15, 0.2) is 0 Å². The fraction of sp³-hybridized carbons (Fsp3) is 0.462. The van der Waals surface area contributed by atoms with Crippen molar-refractivity contribution in [2.24, 2.45) is 0 Å². The second-order valence-electron chi connectivity index (χ2n) is 4.91. The Hall–Kier alpha value is -1.26. The van der Waals surface area contributed by atoms with E-state index in [1.165, 1.54) is 0 Å². The van der Waals surface area contributed by atoms with E-state index in [-0.39, 0.29) is 18.1 Å². The number of likely N-dealkylation sites (tertiary alicyclic amines) is 1. The molecule has 1 amide bonds. The van der Waals surface area contributed by atoms with Crippen LogP contribution >= 0.6 is 11.6 Å². The predicted molar refractivity (Wildman–Crippen MR) is 69.7 cm³/mol. The SMILES string of the molecule is Nc1ccc(Cl)c(C(=O)N2CC3CCC(C2)O3)c1. The van der Waals surface area contributed by atoms with Gasteiger partial charge in [-0.2, -0.15) is 0 Å². The number of nitrogen functional groups attached to an aromatic ring is 1. The number of halogens is 1. The highest BCUT2D eigenvalue weighted by atomic mass is 35.5. The number of nitrogens with zero attached hydrogens (tertiary/aromatic N) is 1. The van der Waals surface area contributed by atoms with E-state index in [4.69, 9.17) is 22.1 Å². The quantitative estimate of drug-likeness (QED) is 0.790. The molecule has 18 heavy (non-hydrogen) atoms. The zero-order valence-electron chi connectivity index (χ0n) is 9.93. The Morgan fingerprint density at radius 2 is 2.00 bits per heavy atom. The molecule has 2 aliphatic heterocycles. The fourth-order valence-electron chi connectivity index (χ4n) is 2.66. The second kappa shape index (κ2) is 4.44. The number of anilines is 1. The number of fused-ring (bicyclic) bond motifs is 2. The summed E-state index contributed by atoms with van der Waals surface area (Å²) in [5, 5.41) is 0.452. The molecule has 0 aliphatic carbocycles. The molecule has 0 radical (unpaired) electrons. The maximum Gasteiger partial charge on any atom is 0.255 e. The van der Waals surface area contributed by atoms with Crippen molar-refractivity contribution < 1.29 is 9.53 Å². The fourth-order valence-corrected chi connectivity index (χ4v) is 2.86. The number of hydrogen-bond acceptors (Lipinski definition) is 3. The number of morpholine rings is 1. The molecule has 0 spiro atoms. The van der Waals surface area contributed by atoms with Crippen molar-refractivity contribution in [2.45, 2.75) is 25.0 Å². The lowest BCUT2D eigenvalue weighted by molar-refractivity contribution is -0.0303. The van der Waals surface area contributed by atoms with Crippen LogP contribution in [0.5, 0.6) is 0 Å². The van der Waals surface area contributed by atoms with Crippen molar-refractivity contribution in [1.29, 1.82) is 0 Å². The smallest absolute Gasteiger partial charge is 0.255 e. The molecule has 2 heterocycles. The van der Waals surface area contributed by atoms with Gasteiger partial charge in [0.1, 0.15) is 0 Å². The van der Waals surface area contributed by atoms with Crippen LogP contribution in [-0.4, -0.2) is 36.1 Å². The van der Waals surface area contributed by atoms with E-state index in [1.807, 2.05) is 4.90 Å². The minimum absolute atomic E-state index is 0.0486. The third-order valence-electron chi connectivity index (χ3n) is 3.55. The molecule has 2 saturated heterocycles.